The zero-order valence-electron chi connectivity index (χ0n) is 18.3. The lowest BCUT2D eigenvalue weighted by Gasteiger charge is -2.19. The van der Waals surface area contributed by atoms with E-state index in [0.717, 1.165) is 66.6 Å². The van der Waals surface area contributed by atoms with Crippen LogP contribution in [0.4, 0.5) is 0 Å². The number of methoxy groups -OCH3 is 2. The van der Waals surface area contributed by atoms with Gasteiger partial charge in [-0.1, -0.05) is 11.8 Å². The van der Waals surface area contributed by atoms with E-state index < -0.39 is 0 Å². The van der Waals surface area contributed by atoms with Crippen LogP contribution in [0.25, 0.3) is 0 Å². The van der Waals surface area contributed by atoms with Crippen LogP contribution in [-0.2, 0) is 6.54 Å². The number of hydrogen-bond acceptors (Lipinski definition) is 7. The molecule has 1 aliphatic heterocycles. The monoisotopic (exact) mass is 577 g/mol. The number of thiazole rings is 1. The van der Waals surface area contributed by atoms with Gasteiger partial charge in [-0.15, -0.1) is 35.3 Å². The van der Waals surface area contributed by atoms with Crippen molar-refractivity contribution in [3.63, 3.8) is 0 Å². The van der Waals surface area contributed by atoms with Gasteiger partial charge in [-0.05, 0) is 30.5 Å². The quantitative estimate of drug-likeness (QED) is 0.147. The first kappa shape index (κ1) is 26.0. The maximum absolute atomic E-state index is 5.39. The van der Waals surface area contributed by atoms with E-state index >= 15 is 0 Å². The van der Waals surface area contributed by atoms with Crippen LogP contribution in [0.2, 0.25) is 0 Å². The van der Waals surface area contributed by atoms with Gasteiger partial charge < -0.3 is 20.1 Å². The number of nitrogens with zero attached hydrogens (tertiary/aromatic N) is 3. The summed E-state index contributed by atoms with van der Waals surface area (Å²) in [5, 5.41) is 9.01. The molecular weight excluding hydrogens is 545 g/mol. The molecule has 2 aromatic rings. The van der Waals surface area contributed by atoms with Crippen molar-refractivity contribution in [2.24, 2.45) is 4.99 Å². The fourth-order valence-electron chi connectivity index (χ4n) is 3.42. The highest BCUT2D eigenvalue weighted by molar-refractivity contribution is 14.0. The molecule has 0 radical (unpaired) electrons. The van der Waals surface area contributed by atoms with Gasteiger partial charge in [0.2, 0.25) is 0 Å². The van der Waals surface area contributed by atoms with Crippen LogP contribution in [0.15, 0.2) is 39.1 Å². The average Bonchev–Trinajstić information content (AvgIpc) is 3.44. The highest BCUT2D eigenvalue weighted by Gasteiger charge is 2.23. The van der Waals surface area contributed by atoms with Gasteiger partial charge in [0.15, 0.2) is 5.96 Å². The van der Waals surface area contributed by atoms with Crippen molar-refractivity contribution in [3.05, 3.63) is 35.3 Å². The molecule has 2 N–H and O–H groups in total. The molecule has 1 unspecified atom stereocenters. The van der Waals surface area contributed by atoms with E-state index in [4.69, 9.17) is 9.47 Å². The molecule has 1 aliphatic rings. The Morgan fingerprint density at radius 3 is 2.71 bits per heavy atom. The second-order valence-corrected chi connectivity index (χ2v) is 9.32. The Morgan fingerprint density at radius 2 is 2.06 bits per heavy atom. The standard InChI is InChI=1S/C21H31N5O2S2.HI/c1-22-20(23-6-4-9-29-21-24-7-10-30-21)25-17-5-8-26(15-17)14-16-11-18(27-2)13-19(12-16)28-3;/h7,10-13,17H,4-6,8-9,14-15H2,1-3H3,(H2,22,23,25);1H. The highest BCUT2D eigenvalue weighted by Crippen LogP contribution is 2.24. The van der Waals surface area contributed by atoms with E-state index in [9.17, 15) is 0 Å². The molecule has 10 heteroatoms. The molecule has 172 valence electrons. The van der Waals surface area contributed by atoms with Crippen LogP contribution >= 0.6 is 47.1 Å². The molecule has 7 nitrogen and oxygen atoms in total. The smallest absolute Gasteiger partial charge is 0.191 e. The van der Waals surface area contributed by atoms with Gasteiger partial charge >= 0.3 is 0 Å². The molecule has 1 aromatic heterocycles. The third-order valence-electron chi connectivity index (χ3n) is 4.90. The predicted octanol–water partition coefficient (Wildman–Crippen LogP) is 3.70. The number of benzene rings is 1. The summed E-state index contributed by atoms with van der Waals surface area (Å²) in [5.41, 5.74) is 1.20. The Hall–Kier alpha value is -1.24. The van der Waals surface area contributed by atoms with Crippen molar-refractivity contribution in [2.45, 2.75) is 29.8 Å². The van der Waals surface area contributed by atoms with Gasteiger partial charge in [-0.2, -0.15) is 0 Å². The van der Waals surface area contributed by atoms with Gasteiger partial charge in [-0.25, -0.2) is 4.98 Å². The van der Waals surface area contributed by atoms with E-state index in [1.807, 2.05) is 36.5 Å². The van der Waals surface area contributed by atoms with Crippen molar-refractivity contribution in [1.29, 1.82) is 0 Å². The molecular formula is C21H32IN5O2S2. The summed E-state index contributed by atoms with van der Waals surface area (Å²) in [6, 6.07) is 6.46. The minimum absolute atomic E-state index is 0. The van der Waals surface area contributed by atoms with Crippen molar-refractivity contribution < 1.29 is 9.47 Å². The number of guanidine groups is 1. The SMILES string of the molecule is CN=C(NCCCSc1nccs1)NC1CCN(Cc2cc(OC)cc(OC)c2)C1.I. The van der Waals surface area contributed by atoms with E-state index in [1.165, 1.54) is 5.56 Å². The Balaban J connectivity index is 0.00000341. The van der Waals surface area contributed by atoms with Gasteiger partial charge in [-0.3, -0.25) is 9.89 Å². The average molecular weight is 578 g/mol. The lowest BCUT2D eigenvalue weighted by atomic mass is 10.2. The third kappa shape index (κ3) is 8.66. The first-order chi connectivity index (χ1) is 14.7. The van der Waals surface area contributed by atoms with Crippen LogP contribution in [0.3, 0.4) is 0 Å². The molecule has 0 saturated carbocycles. The van der Waals surface area contributed by atoms with Crippen molar-refractivity contribution >= 4 is 53.0 Å². The van der Waals surface area contributed by atoms with Gasteiger partial charge in [0.05, 0.1) is 14.2 Å². The third-order valence-corrected chi connectivity index (χ3v) is 6.96. The second kappa shape index (κ2) is 14.0. The lowest BCUT2D eigenvalue weighted by molar-refractivity contribution is 0.321. The summed E-state index contributed by atoms with van der Waals surface area (Å²) in [6.07, 6.45) is 4.02. The Labute approximate surface area is 210 Å². The van der Waals surface area contributed by atoms with E-state index in [-0.39, 0.29) is 24.0 Å². The second-order valence-electron chi connectivity index (χ2n) is 7.08. The molecule has 0 bridgehead atoms. The molecule has 0 amide bonds. The number of aromatic nitrogens is 1. The summed E-state index contributed by atoms with van der Waals surface area (Å²) in [5.74, 6) is 3.59. The minimum atomic E-state index is 0. The summed E-state index contributed by atoms with van der Waals surface area (Å²) >= 11 is 3.50. The number of thioether (sulfide) groups is 1. The maximum atomic E-state index is 5.39. The summed E-state index contributed by atoms with van der Waals surface area (Å²) in [6.45, 7) is 3.82. The van der Waals surface area contributed by atoms with Crippen molar-refractivity contribution in [3.8, 4) is 11.5 Å². The number of likely N-dealkylation sites (tertiary alicyclic amines) is 1. The first-order valence-corrected chi connectivity index (χ1v) is 12.0. The minimum Gasteiger partial charge on any atom is -0.497 e. The molecule has 1 aromatic carbocycles. The van der Waals surface area contributed by atoms with Crippen molar-refractivity contribution in [1.82, 2.24) is 20.5 Å². The summed E-state index contributed by atoms with van der Waals surface area (Å²) in [7, 11) is 5.20. The highest BCUT2D eigenvalue weighted by atomic mass is 127. The van der Waals surface area contributed by atoms with Crippen LogP contribution in [0, 0.1) is 0 Å². The fraction of sp³-hybridized carbons (Fsp3) is 0.524. The van der Waals surface area contributed by atoms with E-state index in [1.54, 1.807) is 25.6 Å². The number of aliphatic imine (C=N–C) groups is 1. The molecule has 0 aliphatic carbocycles. The van der Waals surface area contributed by atoms with Gasteiger partial charge in [0, 0.05) is 62.7 Å². The first-order valence-electron chi connectivity index (χ1n) is 10.1. The maximum Gasteiger partial charge on any atom is 0.191 e. The summed E-state index contributed by atoms with van der Waals surface area (Å²) in [4.78, 5) is 11.1. The number of rotatable bonds is 10. The Kier molecular flexibility index (Phi) is 11.8. The van der Waals surface area contributed by atoms with Crippen LogP contribution in [0.1, 0.15) is 18.4 Å². The molecule has 1 fully saturated rings. The number of ether oxygens (including phenoxy) is 2. The van der Waals surface area contributed by atoms with Crippen LogP contribution < -0.4 is 20.1 Å². The number of hydrogen-bond donors (Lipinski definition) is 2. The number of halogens is 1. The zero-order valence-corrected chi connectivity index (χ0v) is 22.3. The molecule has 1 atom stereocenters. The van der Waals surface area contributed by atoms with Crippen molar-refractivity contribution in [2.75, 3.05) is 46.7 Å². The predicted molar refractivity (Wildman–Crippen MR) is 141 cm³/mol. The van der Waals surface area contributed by atoms with Crippen LogP contribution in [0.5, 0.6) is 11.5 Å². The molecule has 31 heavy (non-hydrogen) atoms. The largest absolute Gasteiger partial charge is 0.497 e. The zero-order chi connectivity index (χ0) is 21.2. The van der Waals surface area contributed by atoms with Crippen LogP contribution in [-0.4, -0.2) is 68.5 Å². The van der Waals surface area contributed by atoms with Gasteiger partial charge in [0.25, 0.3) is 0 Å². The number of nitrogens with one attached hydrogen (secondary N) is 2. The molecule has 1 saturated heterocycles. The van der Waals surface area contributed by atoms with E-state index in [0.29, 0.717) is 6.04 Å². The fourth-order valence-corrected chi connectivity index (χ4v) is 5.07. The Bertz CT molecular complexity index is 785. The normalized spacial score (nSPS) is 16.6. The molecule has 3 rings (SSSR count). The summed E-state index contributed by atoms with van der Waals surface area (Å²) < 4.78 is 11.9. The molecule has 0 spiro atoms. The topological polar surface area (TPSA) is 71.0 Å². The lowest BCUT2D eigenvalue weighted by Crippen LogP contribution is -2.44. The Morgan fingerprint density at radius 1 is 1.29 bits per heavy atom. The van der Waals surface area contributed by atoms with Gasteiger partial charge in [0.1, 0.15) is 15.8 Å². The molecule has 2 heterocycles. The van der Waals surface area contributed by atoms with E-state index in [2.05, 4.69) is 37.6 Å².